The molecule has 4 aliphatic rings. The fourth-order valence-corrected chi connectivity index (χ4v) is 4.28. The molecule has 20 heavy (non-hydrogen) atoms. The van der Waals surface area contributed by atoms with Crippen LogP contribution in [0, 0.1) is 27.2 Å². The summed E-state index contributed by atoms with van der Waals surface area (Å²) in [4.78, 5) is 26.8. The minimum absolute atomic E-state index is 0.000239. The summed E-state index contributed by atoms with van der Waals surface area (Å²) in [5, 5.41) is 0. The van der Waals surface area contributed by atoms with Crippen molar-refractivity contribution in [2.45, 2.75) is 12.8 Å². The van der Waals surface area contributed by atoms with Crippen LogP contribution in [0.25, 0.3) is 0 Å². The largest absolute Gasteiger partial charge is 0.274 e. The van der Waals surface area contributed by atoms with E-state index in [1.807, 2.05) is 24.3 Å². The van der Waals surface area contributed by atoms with Crippen molar-refractivity contribution >= 4 is 40.1 Å². The first kappa shape index (κ1) is 12.6. The van der Waals surface area contributed by atoms with Crippen LogP contribution in [0.2, 0.25) is 0 Å². The Hall–Kier alpha value is -1.17. The summed E-state index contributed by atoms with van der Waals surface area (Å²) in [7, 11) is 0. The van der Waals surface area contributed by atoms with E-state index >= 15 is 0 Å². The van der Waals surface area contributed by atoms with E-state index in [9.17, 15) is 9.59 Å². The Morgan fingerprint density at radius 1 is 0.900 bits per heavy atom. The minimum Gasteiger partial charge on any atom is -0.274 e. The zero-order chi connectivity index (χ0) is 13.9. The number of anilines is 1. The topological polar surface area (TPSA) is 37.4 Å². The molecule has 0 N–H and O–H groups in total. The summed E-state index contributed by atoms with van der Waals surface area (Å²) in [6.07, 6.45) is 6.39. The maximum Gasteiger partial charge on any atom is 0.238 e. The van der Waals surface area contributed by atoms with Crippen molar-refractivity contribution in [3.63, 3.8) is 0 Å². The van der Waals surface area contributed by atoms with E-state index in [2.05, 4.69) is 34.7 Å². The van der Waals surface area contributed by atoms with E-state index in [0.717, 1.165) is 16.4 Å². The van der Waals surface area contributed by atoms with Gasteiger partial charge in [-0.05, 0) is 71.5 Å². The third-order valence-corrected chi connectivity index (χ3v) is 5.56. The molecular weight excluding hydrogens is 365 g/mol. The third-order valence-electron chi connectivity index (χ3n) is 4.84. The van der Waals surface area contributed by atoms with Crippen molar-refractivity contribution in [2.75, 3.05) is 4.90 Å². The lowest BCUT2D eigenvalue weighted by molar-refractivity contribution is -0.124. The number of rotatable bonds is 1. The molecule has 1 aromatic rings. The van der Waals surface area contributed by atoms with E-state index in [1.165, 1.54) is 4.90 Å². The number of halogens is 1. The third kappa shape index (κ3) is 1.63. The molecule has 3 nitrogen and oxygen atoms in total. The van der Waals surface area contributed by atoms with Crippen LogP contribution >= 0.6 is 22.6 Å². The molecule has 1 aliphatic heterocycles. The predicted molar refractivity (Wildman–Crippen MR) is 84.0 cm³/mol. The zero-order valence-corrected chi connectivity index (χ0v) is 13.0. The summed E-state index contributed by atoms with van der Waals surface area (Å²) in [5.74, 6) is 0.280. The molecule has 1 aromatic carbocycles. The second kappa shape index (κ2) is 4.41. The number of carbonyl (C=O) groups is 2. The average Bonchev–Trinajstić information content (AvgIpc) is 2.76. The summed E-state index contributed by atoms with van der Waals surface area (Å²) in [6, 6.07) is 7.60. The molecule has 3 aliphatic carbocycles. The van der Waals surface area contributed by atoms with Gasteiger partial charge < -0.3 is 0 Å². The number of carbonyl (C=O) groups excluding carboxylic acids is 2. The van der Waals surface area contributed by atoms with Gasteiger partial charge in [0.05, 0.1) is 17.5 Å². The fourth-order valence-electron chi connectivity index (χ4n) is 3.92. The molecular formula is C16H14INO2. The van der Waals surface area contributed by atoms with Gasteiger partial charge >= 0.3 is 0 Å². The van der Waals surface area contributed by atoms with Crippen LogP contribution in [0.3, 0.4) is 0 Å². The molecule has 5 rings (SSSR count). The highest BCUT2D eigenvalue weighted by Gasteiger charge is 2.56. The summed E-state index contributed by atoms with van der Waals surface area (Å²) in [6.45, 7) is 0. The first-order valence-corrected chi connectivity index (χ1v) is 8.06. The van der Waals surface area contributed by atoms with Gasteiger partial charge in [-0.15, -0.1) is 0 Å². The second-order valence-electron chi connectivity index (χ2n) is 5.83. The van der Waals surface area contributed by atoms with Crippen molar-refractivity contribution in [3.8, 4) is 0 Å². The number of nitrogens with zero attached hydrogens (tertiary/aromatic N) is 1. The normalized spacial score (nSPS) is 34.8. The Morgan fingerprint density at radius 3 is 1.85 bits per heavy atom. The van der Waals surface area contributed by atoms with Crippen molar-refractivity contribution in [1.82, 2.24) is 0 Å². The molecule has 1 saturated carbocycles. The number of hydrogen-bond donors (Lipinski definition) is 0. The number of imide groups is 1. The molecule has 4 atom stereocenters. The van der Waals surface area contributed by atoms with Crippen molar-refractivity contribution in [3.05, 3.63) is 40.0 Å². The monoisotopic (exact) mass is 379 g/mol. The van der Waals surface area contributed by atoms with Crippen molar-refractivity contribution in [2.24, 2.45) is 23.7 Å². The van der Waals surface area contributed by atoms with Crippen LogP contribution in [0.15, 0.2) is 36.4 Å². The Morgan fingerprint density at radius 2 is 1.40 bits per heavy atom. The van der Waals surface area contributed by atoms with E-state index in [1.54, 1.807) is 0 Å². The molecule has 0 radical (unpaired) electrons. The lowest BCUT2D eigenvalue weighted by Crippen LogP contribution is -2.38. The molecule has 2 bridgehead atoms. The van der Waals surface area contributed by atoms with Gasteiger partial charge in [0, 0.05) is 3.57 Å². The molecule has 4 heteroatoms. The summed E-state index contributed by atoms with van der Waals surface area (Å²) < 4.78 is 1.10. The second-order valence-corrected chi connectivity index (χ2v) is 7.08. The first-order chi connectivity index (χ1) is 9.66. The number of fused-ring (bicyclic) bond motifs is 1. The number of benzene rings is 1. The quantitative estimate of drug-likeness (QED) is 0.428. The lowest BCUT2D eigenvalue weighted by Gasteiger charge is -2.38. The Labute approximate surface area is 131 Å². The Balaban J connectivity index is 1.75. The van der Waals surface area contributed by atoms with Crippen LogP contribution in [0.1, 0.15) is 12.8 Å². The molecule has 102 valence electrons. The molecule has 0 aromatic heterocycles. The van der Waals surface area contributed by atoms with E-state index < -0.39 is 0 Å². The van der Waals surface area contributed by atoms with E-state index in [-0.39, 0.29) is 35.5 Å². The maximum absolute atomic E-state index is 12.7. The number of amides is 2. The van der Waals surface area contributed by atoms with Gasteiger partial charge in [0.15, 0.2) is 0 Å². The summed E-state index contributed by atoms with van der Waals surface area (Å²) >= 11 is 2.22. The van der Waals surface area contributed by atoms with Gasteiger partial charge in [0.1, 0.15) is 0 Å². The minimum atomic E-state index is -0.120. The first-order valence-electron chi connectivity index (χ1n) is 6.98. The van der Waals surface area contributed by atoms with Crippen LogP contribution in [0.5, 0.6) is 0 Å². The average molecular weight is 379 g/mol. The van der Waals surface area contributed by atoms with Gasteiger partial charge in [-0.1, -0.05) is 12.2 Å². The standard InChI is InChI=1S/C16H14INO2/c17-11-5-7-12(8-6-11)18-15(19)13-9-1-2-10(4-3-9)14(13)16(18)20/h1-2,5-10,13-14H,3-4H2/t9-,10-,13-,14-/m1/s1. The van der Waals surface area contributed by atoms with Crippen molar-refractivity contribution in [1.29, 1.82) is 0 Å². The molecule has 2 fully saturated rings. The SMILES string of the molecule is O=C1[C@H]2[C@H](C(=O)N1c1ccc(I)cc1)[C@@H]1C=C[C@@H]2CC1. The van der Waals surface area contributed by atoms with Gasteiger partial charge in [-0.25, -0.2) is 0 Å². The molecule has 1 heterocycles. The highest BCUT2D eigenvalue weighted by atomic mass is 127. The van der Waals surface area contributed by atoms with Crippen LogP contribution in [0.4, 0.5) is 5.69 Å². The van der Waals surface area contributed by atoms with Gasteiger partial charge in [0.25, 0.3) is 0 Å². The van der Waals surface area contributed by atoms with E-state index in [4.69, 9.17) is 0 Å². The van der Waals surface area contributed by atoms with E-state index in [0.29, 0.717) is 5.69 Å². The predicted octanol–water partition coefficient (Wildman–Crippen LogP) is 2.99. The number of allylic oxidation sites excluding steroid dienone is 2. The molecule has 0 spiro atoms. The van der Waals surface area contributed by atoms with Gasteiger partial charge in [-0.3, -0.25) is 14.5 Å². The maximum atomic E-state index is 12.7. The highest BCUT2D eigenvalue weighted by Crippen LogP contribution is 2.50. The van der Waals surface area contributed by atoms with Crippen LogP contribution in [-0.4, -0.2) is 11.8 Å². The molecule has 0 unspecified atom stereocenters. The van der Waals surface area contributed by atoms with Crippen LogP contribution < -0.4 is 4.90 Å². The van der Waals surface area contributed by atoms with Gasteiger partial charge in [0.2, 0.25) is 11.8 Å². The smallest absolute Gasteiger partial charge is 0.238 e. The van der Waals surface area contributed by atoms with Gasteiger partial charge in [-0.2, -0.15) is 0 Å². The lowest BCUT2D eigenvalue weighted by atomic mass is 9.63. The summed E-state index contributed by atoms with van der Waals surface area (Å²) in [5.41, 5.74) is 0.717. The zero-order valence-electron chi connectivity index (χ0n) is 10.8. The van der Waals surface area contributed by atoms with Crippen molar-refractivity contribution < 1.29 is 9.59 Å². The molecule has 1 saturated heterocycles. The molecule has 2 amide bonds. The Bertz CT molecular complexity index is 590. The Kier molecular flexibility index (Phi) is 2.77. The fraction of sp³-hybridized carbons (Fsp3) is 0.375. The van der Waals surface area contributed by atoms with Crippen LogP contribution in [-0.2, 0) is 9.59 Å². The highest BCUT2D eigenvalue weighted by molar-refractivity contribution is 14.1. The number of hydrogen-bond acceptors (Lipinski definition) is 2.